The number of carbonyl (C=O) groups is 1. The highest BCUT2D eigenvalue weighted by Gasteiger charge is 2.05. The normalized spacial score (nSPS) is 10.2. The fraction of sp³-hybridized carbons (Fsp3) is 0.133. The van der Waals surface area contributed by atoms with E-state index in [1.807, 2.05) is 50.2 Å². The van der Waals surface area contributed by atoms with Crippen LogP contribution in [0.25, 0.3) is 0 Å². The summed E-state index contributed by atoms with van der Waals surface area (Å²) in [5.41, 5.74) is 3.70. The van der Waals surface area contributed by atoms with Gasteiger partial charge in [-0.25, -0.2) is 4.79 Å². The molecule has 0 spiro atoms. The van der Waals surface area contributed by atoms with Gasteiger partial charge >= 0.3 is 6.03 Å². The van der Waals surface area contributed by atoms with E-state index in [-0.39, 0.29) is 6.03 Å². The second kappa shape index (κ2) is 6.41. The number of urea groups is 1. The van der Waals surface area contributed by atoms with E-state index in [9.17, 15) is 4.79 Å². The molecular formula is C15H14Br2N2O. The minimum Gasteiger partial charge on any atom is -0.308 e. The van der Waals surface area contributed by atoms with Crippen LogP contribution >= 0.6 is 31.9 Å². The number of benzene rings is 2. The summed E-state index contributed by atoms with van der Waals surface area (Å²) in [6.45, 7) is 3.97. The van der Waals surface area contributed by atoms with Crippen molar-refractivity contribution in [3.63, 3.8) is 0 Å². The Morgan fingerprint density at radius 3 is 2.05 bits per heavy atom. The molecule has 104 valence electrons. The first kappa shape index (κ1) is 15.1. The van der Waals surface area contributed by atoms with Crippen molar-refractivity contribution >= 4 is 49.3 Å². The maximum absolute atomic E-state index is 11.9. The number of nitrogens with one attached hydrogen (secondary N) is 2. The quantitative estimate of drug-likeness (QED) is 0.692. The van der Waals surface area contributed by atoms with Crippen LogP contribution in [0, 0.1) is 13.8 Å². The summed E-state index contributed by atoms with van der Waals surface area (Å²) in [5, 5.41) is 5.61. The van der Waals surface area contributed by atoms with Gasteiger partial charge in [0, 0.05) is 20.3 Å². The van der Waals surface area contributed by atoms with Crippen LogP contribution in [0.15, 0.2) is 45.3 Å². The first-order valence-electron chi connectivity index (χ1n) is 6.06. The second-order valence-corrected chi connectivity index (χ2v) is 6.22. The number of hydrogen-bond acceptors (Lipinski definition) is 1. The van der Waals surface area contributed by atoms with Crippen LogP contribution in [0.5, 0.6) is 0 Å². The molecule has 0 aromatic heterocycles. The van der Waals surface area contributed by atoms with Gasteiger partial charge in [-0.1, -0.05) is 37.9 Å². The number of halogens is 2. The average molecular weight is 398 g/mol. The minimum atomic E-state index is -0.262. The summed E-state index contributed by atoms with van der Waals surface area (Å²) in [4.78, 5) is 11.9. The monoisotopic (exact) mass is 396 g/mol. The van der Waals surface area contributed by atoms with Crippen molar-refractivity contribution in [2.24, 2.45) is 0 Å². The number of aryl methyl sites for hydroxylation is 2. The van der Waals surface area contributed by atoms with Crippen LogP contribution in [-0.2, 0) is 0 Å². The summed E-state index contributed by atoms with van der Waals surface area (Å²) in [7, 11) is 0. The molecule has 0 saturated carbocycles. The van der Waals surface area contributed by atoms with E-state index < -0.39 is 0 Å². The van der Waals surface area contributed by atoms with Gasteiger partial charge in [-0.15, -0.1) is 0 Å². The average Bonchev–Trinajstić information content (AvgIpc) is 2.38. The molecule has 2 amide bonds. The van der Waals surface area contributed by atoms with Crippen molar-refractivity contribution in [2.75, 3.05) is 10.6 Å². The third kappa shape index (κ3) is 3.84. The highest BCUT2D eigenvalue weighted by molar-refractivity contribution is 9.10. The van der Waals surface area contributed by atoms with Crippen molar-refractivity contribution in [1.82, 2.24) is 0 Å². The topological polar surface area (TPSA) is 41.1 Å². The molecule has 0 aliphatic carbocycles. The van der Waals surface area contributed by atoms with Gasteiger partial charge in [0.05, 0.1) is 0 Å². The first-order valence-corrected chi connectivity index (χ1v) is 7.64. The van der Waals surface area contributed by atoms with Crippen LogP contribution < -0.4 is 10.6 Å². The molecule has 0 atom stereocenters. The van der Waals surface area contributed by atoms with Crippen LogP contribution in [-0.4, -0.2) is 6.03 Å². The van der Waals surface area contributed by atoms with Gasteiger partial charge in [0.25, 0.3) is 0 Å². The highest BCUT2D eigenvalue weighted by atomic mass is 79.9. The molecule has 0 aliphatic heterocycles. The molecule has 2 N–H and O–H groups in total. The Morgan fingerprint density at radius 1 is 0.850 bits per heavy atom. The maximum atomic E-state index is 11.9. The van der Waals surface area contributed by atoms with E-state index in [4.69, 9.17) is 0 Å². The molecule has 0 radical (unpaired) electrons. The van der Waals surface area contributed by atoms with Crippen molar-refractivity contribution in [2.45, 2.75) is 13.8 Å². The van der Waals surface area contributed by atoms with Gasteiger partial charge < -0.3 is 10.6 Å². The maximum Gasteiger partial charge on any atom is 0.323 e. The Labute approximate surface area is 135 Å². The van der Waals surface area contributed by atoms with E-state index in [0.29, 0.717) is 0 Å². The Kier molecular flexibility index (Phi) is 4.83. The van der Waals surface area contributed by atoms with Crippen LogP contribution in [0.3, 0.4) is 0 Å². The summed E-state index contributed by atoms with van der Waals surface area (Å²) in [6.07, 6.45) is 0. The summed E-state index contributed by atoms with van der Waals surface area (Å²) < 4.78 is 1.99. The predicted molar refractivity (Wildman–Crippen MR) is 90.4 cm³/mol. The summed E-state index contributed by atoms with van der Waals surface area (Å²) in [5.74, 6) is 0. The van der Waals surface area contributed by atoms with Crippen LogP contribution in [0.4, 0.5) is 16.2 Å². The molecule has 2 aromatic rings. The largest absolute Gasteiger partial charge is 0.323 e. The Hall–Kier alpha value is -1.33. The molecule has 0 unspecified atom stereocenters. The van der Waals surface area contributed by atoms with Gasteiger partial charge in [-0.2, -0.15) is 0 Å². The lowest BCUT2D eigenvalue weighted by atomic mass is 10.2. The molecule has 0 saturated heterocycles. The van der Waals surface area contributed by atoms with Crippen molar-refractivity contribution in [3.8, 4) is 0 Å². The van der Waals surface area contributed by atoms with Gasteiger partial charge in [0.15, 0.2) is 0 Å². The predicted octanol–water partition coefficient (Wildman–Crippen LogP) is 5.47. The fourth-order valence-corrected chi connectivity index (χ4v) is 2.31. The van der Waals surface area contributed by atoms with E-state index in [0.717, 1.165) is 31.4 Å². The fourth-order valence-electron chi connectivity index (χ4n) is 1.69. The molecule has 0 fully saturated rings. The molecule has 0 heterocycles. The molecule has 20 heavy (non-hydrogen) atoms. The zero-order valence-electron chi connectivity index (χ0n) is 11.1. The van der Waals surface area contributed by atoms with Crippen molar-refractivity contribution in [1.29, 1.82) is 0 Å². The van der Waals surface area contributed by atoms with Crippen molar-refractivity contribution in [3.05, 3.63) is 56.5 Å². The zero-order valence-corrected chi connectivity index (χ0v) is 14.3. The third-order valence-corrected chi connectivity index (χ3v) is 4.59. The van der Waals surface area contributed by atoms with Gasteiger partial charge in [-0.3, -0.25) is 0 Å². The van der Waals surface area contributed by atoms with Gasteiger partial charge in [0.1, 0.15) is 0 Å². The number of anilines is 2. The zero-order chi connectivity index (χ0) is 14.7. The molecule has 2 rings (SSSR count). The standard InChI is InChI=1S/C15H14Br2N2O/c1-9-3-4-12(8-14(9)17)19-15(20)18-11-5-6-13(16)10(2)7-11/h3-8H,1-2H3,(H2,18,19,20). The molecule has 5 heteroatoms. The lowest BCUT2D eigenvalue weighted by Gasteiger charge is -2.10. The smallest absolute Gasteiger partial charge is 0.308 e. The van der Waals surface area contributed by atoms with Gasteiger partial charge in [-0.05, 0) is 55.3 Å². The van der Waals surface area contributed by atoms with E-state index in [1.54, 1.807) is 0 Å². The Bertz CT molecular complexity index is 601. The third-order valence-electron chi connectivity index (χ3n) is 2.85. The van der Waals surface area contributed by atoms with Gasteiger partial charge in [0.2, 0.25) is 0 Å². The number of amides is 2. The van der Waals surface area contributed by atoms with E-state index >= 15 is 0 Å². The molecule has 2 aromatic carbocycles. The van der Waals surface area contributed by atoms with E-state index in [1.165, 1.54) is 0 Å². The molecule has 0 bridgehead atoms. The number of hydrogen-bond donors (Lipinski definition) is 2. The number of rotatable bonds is 2. The SMILES string of the molecule is Cc1cc(NC(=O)Nc2ccc(C)c(Br)c2)ccc1Br. The molecule has 0 aliphatic rings. The first-order chi connectivity index (χ1) is 9.45. The molecular weight excluding hydrogens is 384 g/mol. The molecule has 3 nitrogen and oxygen atoms in total. The summed E-state index contributed by atoms with van der Waals surface area (Å²) in [6, 6.07) is 11.1. The lowest BCUT2D eigenvalue weighted by Crippen LogP contribution is -2.19. The van der Waals surface area contributed by atoms with Crippen molar-refractivity contribution < 1.29 is 4.79 Å². The summed E-state index contributed by atoms with van der Waals surface area (Å²) >= 11 is 6.87. The lowest BCUT2D eigenvalue weighted by molar-refractivity contribution is 0.262. The minimum absolute atomic E-state index is 0.262. The number of carbonyl (C=O) groups excluding carboxylic acids is 1. The second-order valence-electron chi connectivity index (χ2n) is 4.51. The van der Waals surface area contributed by atoms with Crippen LogP contribution in [0.1, 0.15) is 11.1 Å². The van der Waals surface area contributed by atoms with E-state index in [2.05, 4.69) is 42.5 Å². The van der Waals surface area contributed by atoms with Crippen LogP contribution in [0.2, 0.25) is 0 Å². The Balaban J connectivity index is 2.04. The Morgan fingerprint density at radius 2 is 1.45 bits per heavy atom. The highest BCUT2D eigenvalue weighted by Crippen LogP contribution is 2.22.